The van der Waals surface area contributed by atoms with E-state index in [-0.39, 0.29) is 17.5 Å². The number of hydrogen-bond donors (Lipinski definition) is 0. The third-order valence-corrected chi connectivity index (χ3v) is 19.6. The van der Waals surface area contributed by atoms with Crippen molar-refractivity contribution in [1.29, 1.82) is 0 Å². The minimum Gasteiger partial charge on any atom is -0.311 e. The Morgan fingerprint density at radius 3 is 1.57 bits per heavy atom. The fourth-order valence-corrected chi connectivity index (χ4v) is 15.8. The molecule has 0 N–H and O–H groups in total. The van der Waals surface area contributed by atoms with E-state index in [2.05, 4.69) is 302 Å². The summed E-state index contributed by atoms with van der Waals surface area (Å²) >= 11 is 1.89. The van der Waals surface area contributed by atoms with Gasteiger partial charge in [-0.2, -0.15) is 0 Å². The summed E-state index contributed by atoms with van der Waals surface area (Å²) < 4.78 is 2.61. The standard InChI is InChI=1S/C78H66BN3S/c1-47-37-70-76-71(38-47)82(57-31-34-63-62-26-18-20-28-72(62)83-73(63)46-57)68-43-54(77(6,7)8)29-35-66(68)79(76)67-36-32-56(45-69(67)81(70)55-30-33-61-60-25-17-19-27-64(60)78(9,10)65(61)44-55)80(58-39-48(2)74(49(3)40-58)52-21-13-11-14-22-52)59-41-50(4)75(51(5)42-59)53-23-15-12-16-24-53/h11-46H,1-10H3. The molecule has 3 heterocycles. The van der Waals surface area contributed by atoms with Gasteiger partial charge in [0.1, 0.15) is 0 Å². The van der Waals surface area contributed by atoms with Crippen molar-refractivity contribution in [2.24, 2.45) is 0 Å². The Balaban J connectivity index is 0.998. The molecule has 0 bridgehead atoms. The van der Waals surface area contributed by atoms with Gasteiger partial charge in [0.15, 0.2) is 0 Å². The fraction of sp³-hybridized carbons (Fsp3) is 0.154. The molecule has 15 rings (SSSR count). The lowest BCUT2D eigenvalue weighted by Gasteiger charge is -2.45. The number of benzene rings is 11. The number of aryl methyl sites for hydroxylation is 5. The molecule has 0 fully saturated rings. The smallest absolute Gasteiger partial charge is 0.252 e. The van der Waals surface area contributed by atoms with E-state index in [0.717, 1.165) is 22.7 Å². The number of hydrogen-bond acceptors (Lipinski definition) is 4. The zero-order valence-electron chi connectivity index (χ0n) is 49.1. The summed E-state index contributed by atoms with van der Waals surface area (Å²) in [6.07, 6.45) is 0. The van der Waals surface area contributed by atoms with Crippen molar-refractivity contribution < 1.29 is 0 Å². The summed E-state index contributed by atoms with van der Waals surface area (Å²) in [5, 5.41) is 2.62. The van der Waals surface area contributed by atoms with Gasteiger partial charge in [-0.15, -0.1) is 11.3 Å². The van der Waals surface area contributed by atoms with Crippen LogP contribution in [-0.4, -0.2) is 6.71 Å². The highest BCUT2D eigenvalue weighted by atomic mass is 32.1. The summed E-state index contributed by atoms with van der Waals surface area (Å²) in [5.74, 6) is 0. The molecule has 3 nitrogen and oxygen atoms in total. The van der Waals surface area contributed by atoms with E-state index in [9.17, 15) is 0 Å². The second-order valence-electron chi connectivity index (χ2n) is 25.2. The Morgan fingerprint density at radius 1 is 0.422 bits per heavy atom. The Kier molecular flexibility index (Phi) is 11.6. The van der Waals surface area contributed by atoms with Gasteiger partial charge in [-0.05, 0) is 219 Å². The molecule has 5 heteroatoms. The van der Waals surface area contributed by atoms with Crippen molar-refractivity contribution >= 4 is 106 Å². The molecule has 0 unspecified atom stereocenters. The van der Waals surface area contributed by atoms with Gasteiger partial charge in [-0.3, -0.25) is 0 Å². The topological polar surface area (TPSA) is 9.72 Å². The SMILES string of the molecule is Cc1cc2c3c(c1)N(c1ccc4c(c1)sc1ccccc14)c1cc(C(C)(C)C)ccc1B3c1ccc(N(c3cc(C)c(-c4ccccc4)c(C)c3)c3cc(C)c(-c4ccccc4)c(C)c3)cc1N2c1ccc2c(c1)C(C)(C)c1ccccc1-2. The van der Waals surface area contributed by atoms with Crippen molar-refractivity contribution in [3.63, 3.8) is 0 Å². The van der Waals surface area contributed by atoms with Crippen molar-refractivity contribution in [2.75, 3.05) is 14.7 Å². The van der Waals surface area contributed by atoms with E-state index >= 15 is 0 Å². The Bertz CT molecular complexity index is 4520. The molecule has 0 radical (unpaired) electrons. The number of fused-ring (bicyclic) bond motifs is 10. The van der Waals surface area contributed by atoms with Crippen LogP contribution in [0.25, 0.3) is 53.6 Å². The summed E-state index contributed by atoms with van der Waals surface area (Å²) in [4.78, 5) is 7.76. The van der Waals surface area contributed by atoms with E-state index < -0.39 is 0 Å². The van der Waals surface area contributed by atoms with Crippen LogP contribution in [0, 0.1) is 34.6 Å². The molecule has 12 aromatic rings. The molecule has 0 saturated carbocycles. The first-order valence-electron chi connectivity index (χ1n) is 29.4. The molecular weight excluding hydrogens is 1020 g/mol. The lowest BCUT2D eigenvalue weighted by molar-refractivity contribution is 0.590. The van der Waals surface area contributed by atoms with Crippen LogP contribution in [-0.2, 0) is 10.8 Å². The van der Waals surface area contributed by atoms with Gasteiger partial charge < -0.3 is 14.7 Å². The zero-order valence-corrected chi connectivity index (χ0v) is 49.9. The predicted octanol–water partition coefficient (Wildman–Crippen LogP) is 20.1. The normalized spacial score (nSPS) is 13.7. The van der Waals surface area contributed by atoms with E-state index in [0.29, 0.717) is 0 Å². The second-order valence-corrected chi connectivity index (χ2v) is 26.3. The van der Waals surface area contributed by atoms with Gasteiger partial charge >= 0.3 is 0 Å². The molecular formula is C78H66BN3S. The summed E-state index contributed by atoms with van der Waals surface area (Å²) in [6.45, 7) is 23.2. The number of nitrogens with zero attached hydrogens (tertiary/aromatic N) is 3. The van der Waals surface area contributed by atoms with Crippen LogP contribution in [0.3, 0.4) is 0 Å². The molecule has 11 aromatic carbocycles. The first-order chi connectivity index (χ1) is 40.1. The van der Waals surface area contributed by atoms with E-state index in [1.54, 1.807) is 0 Å². The first kappa shape index (κ1) is 51.0. The molecule has 1 aromatic heterocycles. The Labute approximate surface area is 493 Å². The molecule has 0 saturated heterocycles. The summed E-state index contributed by atoms with van der Waals surface area (Å²) in [5.41, 5.74) is 32.2. The average molecular weight is 1090 g/mol. The van der Waals surface area contributed by atoms with Crippen LogP contribution in [0.2, 0.25) is 0 Å². The molecule has 402 valence electrons. The average Bonchev–Trinajstić information content (AvgIpc) is 1.67. The van der Waals surface area contributed by atoms with Crippen molar-refractivity contribution in [3.05, 3.63) is 263 Å². The fourth-order valence-electron chi connectivity index (χ4n) is 14.7. The lowest BCUT2D eigenvalue weighted by Crippen LogP contribution is -2.61. The lowest BCUT2D eigenvalue weighted by atomic mass is 9.33. The maximum Gasteiger partial charge on any atom is 0.252 e. The second kappa shape index (κ2) is 18.8. The van der Waals surface area contributed by atoms with Crippen LogP contribution in [0.1, 0.15) is 79.1 Å². The minimum absolute atomic E-state index is 0.0536. The molecule has 2 aliphatic heterocycles. The molecule has 0 atom stereocenters. The van der Waals surface area contributed by atoms with Crippen molar-refractivity contribution in [2.45, 2.75) is 80.1 Å². The highest BCUT2D eigenvalue weighted by Gasteiger charge is 2.45. The highest BCUT2D eigenvalue weighted by molar-refractivity contribution is 7.25. The van der Waals surface area contributed by atoms with Gasteiger partial charge in [0.05, 0.1) is 0 Å². The molecule has 1 aliphatic carbocycles. The van der Waals surface area contributed by atoms with Crippen molar-refractivity contribution in [1.82, 2.24) is 0 Å². The largest absolute Gasteiger partial charge is 0.311 e. The number of anilines is 9. The van der Waals surface area contributed by atoms with Crippen LogP contribution in [0.4, 0.5) is 51.2 Å². The highest BCUT2D eigenvalue weighted by Crippen LogP contribution is 2.53. The predicted molar refractivity (Wildman–Crippen MR) is 359 cm³/mol. The minimum atomic E-state index is -0.192. The number of rotatable bonds is 7. The molecule has 0 amide bonds. The Hall–Kier alpha value is -8.90. The maximum absolute atomic E-state index is 2.63. The van der Waals surface area contributed by atoms with Gasteiger partial charge in [-0.25, -0.2) is 0 Å². The molecule has 0 spiro atoms. The van der Waals surface area contributed by atoms with Crippen LogP contribution in [0.15, 0.2) is 218 Å². The van der Waals surface area contributed by atoms with Gasteiger partial charge in [0.25, 0.3) is 6.71 Å². The van der Waals surface area contributed by atoms with E-state index in [4.69, 9.17) is 0 Å². The first-order valence-corrected chi connectivity index (χ1v) is 30.2. The quantitative estimate of drug-likeness (QED) is 0.147. The van der Waals surface area contributed by atoms with Gasteiger partial charge in [-0.1, -0.05) is 168 Å². The third-order valence-electron chi connectivity index (χ3n) is 18.4. The monoisotopic (exact) mass is 1090 g/mol. The third kappa shape index (κ3) is 7.99. The summed E-state index contributed by atoms with van der Waals surface area (Å²) in [7, 11) is 0. The van der Waals surface area contributed by atoms with E-state index in [1.807, 2.05) is 11.3 Å². The van der Waals surface area contributed by atoms with Crippen LogP contribution in [0.5, 0.6) is 0 Å². The number of thiophene rings is 1. The molecule has 3 aliphatic rings. The van der Waals surface area contributed by atoms with E-state index in [1.165, 1.54) is 143 Å². The van der Waals surface area contributed by atoms with Crippen LogP contribution < -0.4 is 31.1 Å². The molecule has 83 heavy (non-hydrogen) atoms. The van der Waals surface area contributed by atoms with Gasteiger partial charge in [0.2, 0.25) is 0 Å². The van der Waals surface area contributed by atoms with Crippen molar-refractivity contribution in [3.8, 4) is 33.4 Å². The zero-order chi connectivity index (χ0) is 56.8. The van der Waals surface area contributed by atoms with Gasteiger partial charge in [0, 0.05) is 76.8 Å². The van der Waals surface area contributed by atoms with Crippen LogP contribution >= 0.6 is 11.3 Å². The Morgan fingerprint density at radius 2 is 0.940 bits per heavy atom. The maximum atomic E-state index is 2.63. The summed E-state index contributed by atoms with van der Waals surface area (Å²) in [6, 6.07) is 83.4.